The van der Waals surface area contributed by atoms with Crippen molar-refractivity contribution in [2.24, 2.45) is 0 Å². The molecular formula is C31H28Cl2N2ORuS2+. The zero-order valence-electron chi connectivity index (χ0n) is 21.5. The van der Waals surface area contributed by atoms with E-state index in [0.29, 0.717) is 14.9 Å². The van der Waals surface area contributed by atoms with Gasteiger partial charge in [0.2, 0.25) is 0 Å². The van der Waals surface area contributed by atoms with Crippen LogP contribution in [0.2, 0.25) is 10.0 Å². The van der Waals surface area contributed by atoms with Crippen molar-refractivity contribution in [2.45, 2.75) is 35.2 Å². The molecule has 201 valence electrons. The first-order valence-electron chi connectivity index (χ1n) is 12.5. The quantitative estimate of drug-likeness (QED) is 0.0870. The molecule has 0 bridgehead atoms. The number of hydrogen-bond acceptors (Lipinski definition) is 5. The molecule has 0 aromatic heterocycles. The number of ether oxygens (including phenoxy) is 1. The predicted octanol–water partition coefficient (Wildman–Crippen LogP) is 8.45. The number of thiol groups is 1. The molecule has 4 aromatic rings. The second kappa shape index (κ2) is 12.7. The summed E-state index contributed by atoms with van der Waals surface area (Å²) in [5.74, 6) is 0.800. The third kappa shape index (κ3) is 6.06. The van der Waals surface area contributed by atoms with Gasteiger partial charge >= 0.3 is 262 Å². The van der Waals surface area contributed by atoms with Crippen LogP contribution in [0.1, 0.15) is 16.7 Å². The van der Waals surface area contributed by atoms with Gasteiger partial charge in [-0.2, -0.15) is 0 Å². The van der Waals surface area contributed by atoms with Gasteiger partial charge in [0.25, 0.3) is 0 Å². The van der Waals surface area contributed by atoms with Crippen LogP contribution in [0.15, 0.2) is 94.7 Å². The number of aryl methyl sites for hydroxylation is 2. The third-order valence-corrected chi connectivity index (χ3v) is 10.1. The predicted molar refractivity (Wildman–Crippen MR) is 166 cm³/mol. The third-order valence-electron chi connectivity index (χ3n) is 6.85. The van der Waals surface area contributed by atoms with Crippen LogP contribution >= 0.6 is 47.6 Å². The number of hydrogen-bond donors (Lipinski definition) is 1. The van der Waals surface area contributed by atoms with E-state index in [0.717, 1.165) is 29.3 Å². The van der Waals surface area contributed by atoms with Crippen LogP contribution in [0.5, 0.6) is 5.75 Å². The Kier molecular flexibility index (Phi) is 9.31. The Morgan fingerprint density at radius 2 is 1.38 bits per heavy atom. The molecular weight excluding hydrogens is 652 g/mol. The van der Waals surface area contributed by atoms with E-state index in [4.69, 9.17) is 40.6 Å². The van der Waals surface area contributed by atoms with Crippen molar-refractivity contribution in [2.75, 3.05) is 22.9 Å². The Morgan fingerprint density at radius 1 is 0.846 bits per heavy atom. The number of halogens is 2. The second-order valence-corrected chi connectivity index (χ2v) is 12.2. The van der Waals surface area contributed by atoms with Crippen molar-refractivity contribution in [1.82, 2.24) is 0 Å². The summed E-state index contributed by atoms with van der Waals surface area (Å²) in [6.07, 6.45) is -0.154. The van der Waals surface area contributed by atoms with Gasteiger partial charge in [-0.15, -0.1) is 0 Å². The van der Waals surface area contributed by atoms with Gasteiger partial charge in [-0.3, -0.25) is 0 Å². The molecule has 1 atom stereocenters. The van der Waals surface area contributed by atoms with Crippen LogP contribution in [0.4, 0.5) is 11.4 Å². The molecule has 4 aromatic carbocycles. The number of benzene rings is 4. The van der Waals surface area contributed by atoms with E-state index in [1.165, 1.54) is 22.5 Å². The fourth-order valence-corrected chi connectivity index (χ4v) is 7.47. The van der Waals surface area contributed by atoms with Crippen molar-refractivity contribution in [3.05, 3.63) is 112 Å². The molecule has 0 spiro atoms. The van der Waals surface area contributed by atoms with Gasteiger partial charge in [-0.05, 0) is 0 Å². The van der Waals surface area contributed by atoms with Gasteiger partial charge < -0.3 is 0 Å². The molecule has 3 nitrogen and oxygen atoms in total. The second-order valence-electron chi connectivity index (χ2n) is 9.32. The van der Waals surface area contributed by atoms with Crippen molar-refractivity contribution in [3.8, 4) is 5.75 Å². The normalized spacial score (nSPS) is 14.5. The van der Waals surface area contributed by atoms with Gasteiger partial charge in [0, 0.05) is 0 Å². The van der Waals surface area contributed by atoms with Crippen LogP contribution in [0.3, 0.4) is 0 Å². The van der Waals surface area contributed by atoms with Gasteiger partial charge in [-0.25, -0.2) is 0 Å². The fraction of sp³-hybridized carbons (Fsp3) is 0.194. The van der Waals surface area contributed by atoms with E-state index >= 15 is 0 Å². The van der Waals surface area contributed by atoms with E-state index in [1.807, 2.05) is 28.9 Å². The van der Waals surface area contributed by atoms with E-state index in [-0.39, 0.29) is 11.6 Å². The topological polar surface area (TPSA) is 15.7 Å². The first-order chi connectivity index (χ1) is 18.9. The molecule has 1 saturated heterocycles. The van der Waals surface area contributed by atoms with E-state index in [2.05, 4.69) is 96.1 Å². The monoisotopic (exact) mass is 680 g/mol. The molecule has 8 heteroatoms. The molecule has 1 fully saturated rings. The molecule has 39 heavy (non-hydrogen) atoms. The van der Waals surface area contributed by atoms with E-state index in [1.54, 1.807) is 17.8 Å². The van der Waals surface area contributed by atoms with E-state index < -0.39 is 0 Å². The van der Waals surface area contributed by atoms with Gasteiger partial charge in [0.05, 0.1) is 0 Å². The van der Waals surface area contributed by atoms with Gasteiger partial charge in [0.1, 0.15) is 0 Å². The van der Waals surface area contributed by atoms with Crippen LogP contribution in [0, 0.1) is 13.8 Å². The molecule has 0 saturated carbocycles. The van der Waals surface area contributed by atoms with Crippen molar-refractivity contribution in [1.29, 1.82) is 0 Å². The summed E-state index contributed by atoms with van der Waals surface area (Å²) < 4.78 is 8.96. The summed E-state index contributed by atoms with van der Waals surface area (Å²) in [6.45, 7) is 6.01. The Labute approximate surface area is 260 Å². The number of anilines is 2. The van der Waals surface area contributed by atoms with Crippen LogP contribution in [-0.4, -0.2) is 29.3 Å². The molecule has 0 radical (unpaired) electrons. The molecule has 0 aliphatic carbocycles. The number of thioether (sulfide) groups is 1. The number of para-hydroxylation sites is 3. The zero-order chi connectivity index (χ0) is 27.5. The number of nitrogens with zero attached hydrogens (tertiary/aromatic N) is 2. The van der Waals surface area contributed by atoms with Gasteiger partial charge in [-0.1, -0.05) is 0 Å². The Balaban J connectivity index is 1.68. The average molecular weight is 681 g/mol. The zero-order valence-corrected chi connectivity index (χ0v) is 26.5. The molecule has 1 aliphatic rings. The van der Waals surface area contributed by atoms with Crippen LogP contribution in [-0.2, 0) is 17.9 Å². The molecule has 1 aliphatic heterocycles. The van der Waals surface area contributed by atoms with Crippen molar-refractivity contribution < 1.29 is 22.6 Å². The first-order valence-corrected chi connectivity index (χ1v) is 15.6. The first kappa shape index (κ1) is 28.6. The summed E-state index contributed by atoms with van der Waals surface area (Å²) in [6, 6.07) is 28.7. The molecule has 0 unspecified atom stereocenters. The summed E-state index contributed by atoms with van der Waals surface area (Å²) in [7, 11) is 0. The van der Waals surface area contributed by atoms with Crippen molar-refractivity contribution in [3.63, 3.8) is 0 Å². The Bertz CT molecular complexity index is 1450. The molecule has 0 amide bonds. The SMILES string of the molecule is Cc1ccccc1N1CCN(c2ccccc2C)C1[C@H](Oc1ccccc1[CH]=[Ru+])Sc1c(Cl)ccc(Cl)c1S. The molecule has 1 heterocycles. The Hall–Kier alpha value is -1.95. The summed E-state index contributed by atoms with van der Waals surface area (Å²) in [5, 5.41) is 1.15. The summed E-state index contributed by atoms with van der Waals surface area (Å²) >= 11 is 22.2. The maximum atomic E-state index is 6.96. The van der Waals surface area contributed by atoms with E-state index in [9.17, 15) is 0 Å². The summed E-state index contributed by atoms with van der Waals surface area (Å²) in [5.41, 5.74) is 5.41. The minimum atomic E-state index is -0.388. The van der Waals surface area contributed by atoms with Crippen LogP contribution < -0.4 is 14.5 Å². The van der Waals surface area contributed by atoms with Gasteiger partial charge in [0.15, 0.2) is 0 Å². The number of rotatable bonds is 8. The Morgan fingerprint density at radius 3 is 1.97 bits per heavy atom. The minimum absolute atomic E-state index is 0.154. The average Bonchev–Trinajstić information content (AvgIpc) is 3.38. The summed E-state index contributed by atoms with van der Waals surface area (Å²) in [4.78, 5) is 6.35. The van der Waals surface area contributed by atoms with Crippen LogP contribution in [0.25, 0.3) is 0 Å². The standard InChI is InChI=1S/C31H28Cl2N2OS2.Ru/c1-20-10-4-7-13-25(20)34-18-19-35(26-14-8-5-11-21(26)2)30(34)31(36-27-15-9-6-12-22(27)3)38-29-24(33)17-16-23(32)28(29)37;/h3-17,30-31,37H,18-19H2,1-2H3;/q;+1/t31-;/m1./s1. The fourth-order valence-electron chi connectivity index (χ4n) is 4.93. The molecule has 5 rings (SSSR count). The molecule has 0 N–H and O–H groups in total. The maximum absolute atomic E-state index is 6.96. The van der Waals surface area contributed by atoms with Crippen molar-refractivity contribution >= 4 is 63.6 Å².